The minimum absolute atomic E-state index is 0.276. The van der Waals surface area contributed by atoms with Crippen molar-refractivity contribution in [3.63, 3.8) is 0 Å². The monoisotopic (exact) mass is 436 g/mol. The van der Waals surface area contributed by atoms with E-state index in [-0.39, 0.29) is 11.8 Å². The van der Waals surface area contributed by atoms with Gasteiger partial charge >= 0.3 is 0 Å². The molecule has 0 saturated heterocycles. The lowest BCUT2D eigenvalue weighted by Gasteiger charge is -2.07. The first-order chi connectivity index (χ1) is 11.5. The first-order valence-electron chi connectivity index (χ1n) is 6.94. The second-order valence-electron chi connectivity index (χ2n) is 4.95. The molecule has 3 N–H and O–H groups in total. The van der Waals surface area contributed by atoms with Gasteiger partial charge in [0.2, 0.25) is 0 Å². The minimum atomic E-state index is -0.292. The van der Waals surface area contributed by atoms with Gasteiger partial charge < -0.3 is 10.6 Å². The number of hydrogen-bond acceptors (Lipinski definition) is 4. The Kier molecular flexibility index (Phi) is 4.60. The van der Waals surface area contributed by atoms with Crippen LogP contribution in [-0.4, -0.2) is 31.8 Å². The lowest BCUT2D eigenvalue weighted by atomic mass is 10.2. The Bertz CT molecular complexity index is 884. The highest BCUT2D eigenvalue weighted by Crippen LogP contribution is 2.16. The number of nitrogens with one attached hydrogen (secondary N) is 3. The third-order valence-electron chi connectivity index (χ3n) is 3.17. The number of halogens is 1. The summed E-state index contributed by atoms with van der Waals surface area (Å²) in [6, 6.07) is 8.45. The van der Waals surface area contributed by atoms with E-state index in [0.29, 0.717) is 22.8 Å². The van der Waals surface area contributed by atoms with Gasteiger partial charge in [-0.15, -0.1) is 0 Å². The fraction of sp³-hybridized carbons (Fsp3) is 0.0667. The smallest absolute Gasteiger partial charge is 0.276 e. The molecule has 122 valence electrons. The van der Waals surface area contributed by atoms with Crippen LogP contribution in [0.4, 0.5) is 11.4 Å². The number of benzene rings is 1. The fourth-order valence-electron chi connectivity index (χ4n) is 1.99. The molecule has 0 unspecified atom stereocenters. The van der Waals surface area contributed by atoms with Crippen LogP contribution in [0.25, 0.3) is 0 Å². The molecule has 0 radical (unpaired) electrons. The summed E-state index contributed by atoms with van der Waals surface area (Å²) < 4.78 is 2.30. The van der Waals surface area contributed by atoms with Gasteiger partial charge in [-0.05, 0) is 52.9 Å². The van der Waals surface area contributed by atoms with Crippen molar-refractivity contribution in [2.45, 2.75) is 0 Å². The van der Waals surface area contributed by atoms with Crippen LogP contribution in [0.15, 0.2) is 42.7 Å². The van der Waals surface area contributed by atoms with E-state index in [1.807, 2.05) is 22.6 Å². The van der Waals surface area contributed by atoms with Gasteiger partial charge in [-0.2, -0.15) is 10.2 Å². The quantitative estimate of drug-likeness (QED) is 0.546. The van der Waals surface area contributed by atoms with Crippen molar-refractivity contribution in [2.24, 2.45) is 7.05 Å². The number of nitrogens with zero attached hydrogens (tertiary/aromatic N) is 3. The van der Waals surface area contributed by atoms with E-state index in [9.17, 15) is 9.59 Å². The number of H-pyrrole nitrogens is 1. The lowest BCUT2D eigenvalue weighted by Crippen LogP contribution is -2.14. The van der Waals surface area contributed by atoms with Gasteiger partial charge in [0.25, 0.3) is 11.8 Å². The maximum atomic E-state index is 12.1. The number of carbonyl (C=O) groups excluding carboxylic acids is 2. The average molecular weight is 436 g/mol. The molecule has 8 nitrogen and oxygen atoms in total. The van der Waals surface area contributed by atoms with E-state index in [0.717, 1.165) is 3.57 Å². The molecule has 0 aliphatic heterocycles. The van der Waals surface area contributed by atoms with Gasteiger partial charge in [0.15, 0.2) is 5.69 Å². The van der Waals surface area contributed by atoms with E-state index in [2.05, 4.69) is 25.9 Å². The Hall–Kier alpha value is -2.69. The maximum absolute atomic E-state index is 12.1. The van der Waals surface area contributed by atoms with Gasteiger partial charge in [0.05, 0.1) is 9.77 Å². The summed E-state index contributed by atoms with van der Waals surface area (Å²) >= 11 is 2.03. The number of aromatic nitrogens is 4. The van der Waals surface area contributed by atoms with Crippen molar-refractivity contribution in [1.29, 1.82) is 0 Å². The molecule has 2 heterocycles. The molecule has 0 aliphatic rings. The van der Waals surface area contributed by atoms with Crippen molar-refractivity contribution in [2.75, 3.05) is 10.6 Å². The standard InChI is InChI=1S/C15H13IN6O2/c1-22-7-6-12(21-22)14(23)18-9-2-4-10(5-3-9)19-15(24)13-11(16)8-17-20-13/h2-8H,1H3,(H,17,20)(H,18,23)(H,19,24). The first kappa shape index (κ1) is 16.2. The highest BCUT2D eigenvalue weighted by atomic mass is 127. The molecule has 2 aromatic heterocycles. The van der Waals surface area contributed by atoms with Crippen LogP contribution in [0.1, 0.15) is 21.0 Å². The van der Waals surface area contributed by atoms with E-state index < -0.39 is 0 Å². The number of rotatable bonds is 4. The average Bonchev–Trinajstić information content (AvgIpc) is 3.17. The van der Waals surface area contributed by atoms with E-state index in [4.69, 9.17) is 0 Å². The largest absolute Gasteiger partial charge is 0.321 e. The van der Waals surface area contributed by atoms with Gasteiger partial charge in [-0.25, -0.2) is 0 Å². The number of hydrogen-bond donors (Lipinski definition) is 3. The molecule has 0 aliphatic carbocycles. The number of carbonyl (C=O) groups is 2. The summed E-state index contributed by atoms with van der Waals surface area (Å²) in [5, 5.41) is 16.0. The van der Waals surface area contributed by atoms with Crippen LogP contribution in [0.5, 0.6) is 0 Å². The zero-order chi connectivity index (χ0) is 17.1. The molecule has 0 spiro atoms. The molecule has 2 amide bonds. The summed E-state index contributed by atoms with van der Waals surface area (Å²) in [4.78, 5) is 24.1. The molecule has 3 aromatic rings. The van der Waals surface area contributed by atoms with Gasteiger partial charge in [-0.1, -0.05) is 0 Å². The number of anilines is 2. The third-order valence-corrected chi connectivity index (χ3v) is 3.98. The molecule has 0 atom stereocenters. The van der Waals surface area contributed by atoms with Crippen molar-refractivity contribution in [3.8, 4) is 0 Å². The first-order valence-corrected chi connectivity index (χ1v) is 8.02. The van der Waals surface area contributed by atoms with Crippen LogP contribution in [0.2, 0.25) is 0 Å². The second-order valence-corrected chi connectivity index (χ2v) is 6.12. The minimum Gasteiger partial charge on any atom is -0.321 e. The summed E-state index contributed by atoms with van der Waals surface area (Å²) in [7, 11) is 1.75. The molecule has 9 heteroatoms. The fourth-order valence-corrected chi connectivity index (χ4v) is 2.50. The topological polar surface area (TPSA) is 105 Å². The Morgan fingerprint density at radius 3 is 2.21 bits per heavy atom. The van der Waals surface area contributed by atoms with Crippen LogP contribution in [0, 0.1) is 3.57 Å². The Balaban J connectivity index is 1.64. The van der Waals surface area contributed by atoms with Crippen molar-refractivity contribution in [1.82, 2.24) is 20.0 Å². The van der Waals surface area contributed by atoms with Crippen LogP contribution < -0.4 is 10.6 Å². The van der Waals surface area contributed by atoms with Gasteiger partial charge in [0, 0.05) is 24.6 Å². The highest BCUT2D eigenvalue weighted by Gasteiger charge is 2.12. The van der Waals surface area contributed by atoms with Crippen molar-refractivity contribution in [3.05, 3.63) is 57.7 Å². The molecule has 24 heavy (non-hydrogen) atoms. The zero-order valence-corrected chi connectivity index (χ0v) is 14.7. The van der Waals surface area contributed by atoms with Crippen molar-refractivity contribution < 1.29 is 9.59 Å². The second kappa shape index (κ2) is 6.83. The van der Waals surface area contributed by atoms with Gasteiger partial charge in [-0.3, -0.25) is 19.4 Å². The number of aromatic amines is 1. The predicted molar refractivity (Wildman–Crippen MR) is 96.9 cm³/mol. The summed E-state index contributed by atoms with van der Waals surface area (Å²) in [5.74, 6) is -0.568. The Morgan fingerprint density at radius 1 is 1.08 bits per heavy atom. The number of aryl methyl sites for hydroxylation is 1. The normalized spacial score (nSPS) is 10.4. The SMILES string of the molecule is Cn1ccc(C(=O)Nc2ccc(NC(=O)c3[nH]ncc3I)cc2)n1. The summed E-state index contributed by atoms with van der Waals surface area (Å²) in [6.45, 7) is 0. The maximum Gasteiger partial charge on any atom is 0.276 e. The Morgan fingerprint density at radius 2 is 1.71 bits per heavy atom. The molecule has 1 aromatic carbocycles. The van der Waals surface area contributed by atoms with E-state index in [1.165, 1.54) is 0 Å². The zero-order valence-electron chi connectivity index (χ0n) is 12.6. The third kappa shape index (κ3) is 3.62. The van der Waals surface area contributed by atoms with E-state index in [1.54, 1.807) is 54.5 Å². The number of amides is 2. The Labute approximate surface area is 150 Å². The van der Waals surface area contributed by atoms with E-state index >= 15 is 0 Å². The van der Waals surface area contributed by atoms with Gasteiger partial charge in [0.1, 0.15) is 5.69 Å². The molecule has 0 bridgehead atoms. The highest BCUT2D eigenvalue weighted by molar-refractivity contribution is 14.1. The molecular weight excluding hydrogens is 423 g/mol. The predicted octanol–water partition coefficient (Wildman–Crippen LogP) is 2.25. The van der Waals surface area contributed by atoms with Crippen molar-refractivity contribution >= 4 is 45.8 Å². The molecule has 0 saturated carbocycles. The molecule has 3 rings (SSSR count). The summed E-state index contributed by atoms with van der Waals surface area (Å²) in [5.41, 5.74) is 1.97. The van der Waals surface area contributed by atoms with Crippen LogP contribution in [0.3, 0.4) is 0 Å². The molecular formula is C15H13IN6O2. The molecule has 0 fully saturated rings. The van der Waals surface area contributed by atoms with Crippen LogP contribution in [-0.2, 0) is 7.05 Å². The lowest BCUT2D eigenvalue weighted by molar-refractivity contribution is 0.101. The van der Waals surface area contributed by atoms with Crippen LogP contribution >= 0.6 is 22.6 Å². The summed E-state index contributed by atoms with van der Waals surface area (Å²) in [6.07, 6.45) is 3.27.